The van der Waals surface area contributed by atoms with Gasteiger partial charge >= 0.3 is 0 Å². The highest BCUT2D eigenvalue weighted by Gasteiger charge is 2.12. The fourth-order valence-electron chi connectivity index (χ4n) is 2.85. The molecule has 0 atom stereocenters. The van der Waals surface area contributed by atoms with E-state index in [2.05, 4.69) is 15.3 Å². The Morgan fingerprint density at radius 1 is 1.19 bits per heavy atom. The summed E-state index contributed by atoms with van der Waals surface area (Å²) in [6.45, 7) is 1.95. The molecule has 0 aliphatic carbocycles. The predicted molar refractivity (Wildman–Crippen MR) is 104 cm³/mol. The lowest BCUT2D eigenvalue weighted by Crippen LogP contribution is -2.27. The molecule has 1 aromatic carbocycles. The van der Waals surface area contributed by atoms with Gasteiger partial charge in [-0.3, -0.25) is 19.1 Å². The third kappa shape index (κ3) is 2.97. The van der Waals surface area contributed by atoms with E-state index in [0.29, 0.717) is 15.9 Å². The minimum atomic E-state index is -0.282. The van der Waals surface area contributed by atoms with Crippen LogP contribution in [0.25, 0.3) is 21.1 Å². The van der Waals surface area contributed by atoms with Gasteiger partial charge in [0.1, 0.15) is 11.4 Å². The van der Waals surface area contributed by atoms with E-state index in [1.165, 1.54) is 22.2 Å². The number of thiophene rings is 1. The number of nitrogens with one attached hydrogen (secondary N) is 1. The van der Waals surface area contributed by atoms with Gasteiger partial charge in [-0.15, -0.1) is 11.3 Å². The van der Waals surface area contributed by atoms with E-state index in [1.54, 1.807) is 6.20 Å². The maximum Gasteiger partial charge on any atom is 0.262 e. The second-order valence-electron chi connectivity index (χ2n) is 5.89. The summed E-state index contributed by atoms with van der Waals surface area (Å²) in [5, 5.41) is 4.28. The first-order chi connectivity index (χ1) is 12.7. The first kappa shape index (κ1) is 16.4. The van der Waals surface area contributed by atoms with Crippen LogP contribution in [0.4, 0.5) is 5.69 Å². The van der Waals surface area contributed by atoms with E-state index in [4.69, 9.17) is 0 Å². The number of rotatable bonds is 4. The molecule has 0 spiro atoms. The summed E-state index contributed by atoms with van der Waals surface area (Å²) in [6.07, 6.45) is 4.00. The van der Waals surface area contributed by atoms with Gasteiger partial charge in [0.2, 0.25) is 5.91 Å². The van der Waals surface area contributed by atoms with Crippen LogP contribution in [0.1, 0.15) is 11.8 Å². The van der Waals surface area contributed by atoms with Gasteiger partial charge in [-0.2, -0.15) is 0 Å². The van der Waals surface area contributed by atoms with Crippen molar-refractivity contribution in [2.24, 2.45) is 0 Å². The normalized spacial score (nSPS) is 11.1. The monoisotopic (exact) mass is 364 g/mol. The van der Waals surface area contributed by atoms with Crippen LogP contribution in [0.3, 0.4) is 0 Å². The van der Waals surface area contributed by atoms with Crippen molar-refractivity contribution < 1.29 is 4.79 Å². The van der Waals surface area contributed by atoms with E-state index < -0.39 is 0 Å². The molecule has 3 heterocycles. The van der Waals surface area contributed by atoms with Crippen LogP contribution < -0.4 is 10.9 Å². The molecule has 4 rings (SSSR count). The van der Waals surface area contributed by atoms with Gasteiger partial charge in [0.25, 0.3) is 5.56 Å². The third-order valence-electron chi connectivity index (χ3n) is 4.15. The molecular weight excluding hydrogens is 348 g/mol. The Morgan fingerprint density at radius 3 is 2.92 bits per heavy atom. The third-order valence-corrected chi connectivity index (χ3v) is 5.34. The van der Waals surface area contributed by atoms with Gasteiger partial charge in [0, 0.05) is 16.5 Å². The van der Waals surface area contributed by atoms with E-state index in [1.807, 2.05) is 43.3 Å². The lowest BCUT2D eigenvalue weighted by Gasteiger charge is -2.09. The van der Waals surface area contributed by atoms with Crippen LogP contribution in [-0.2, 0) is 17.8 Å². The number of nitrogens with zero attached hydrogens (tertiary/aromatic N) is 3. The van der Waals surface area contributed by atoms with Crippen molar-refractivity contribution in [3.63, 3.8) is 0 Å². The molecule has 0 aliphatic heterocycles. The molecule has 0 unspecified atom stereocenters. The standard InChI is InChI=1S/C19H16N4O2S/c1-2-12-9-14-18(26-12)21-11-23(19(14)25)10-17(24)22-16-7-3-6-15-13(16)5-4-8-20-15/h3-9,11H,2,10H2,1H3,(H,22,24). The van der Waals surface area contributed by atoms with Crippen molar-refractivity contribution in [2.45, 2.75) is 19.9 Å². The number of benzene rings is 1. The Hall–Kier alpha value is -3.06. The summed E-state index contributed by atoms with van der Waals surface area (Å²) in [4.78, 5) is 35.5. The molecule has 0 aliphatic rings. The number of anilines is 1. The molecular formula is C19H16N4O2S. The molecule has 26 heavy (non-hydrogen) atoms. The fraction of sp³-hybridized carbons (Fsp3) is 0.158. The quantitative estimate of drug-likeness (QED) is 0.603. The number of fused-ring (bicyclic) bond motifs is 2. The predicted octanol–water partition coefficient (Wildman–Crippen LogP) is 3.21. The molecule has 4 aromatic rings. The molecule has 0 fully saturated rings. The topological polar surface area (TPSA) is 76.9 Å². The van der Waals surface area contributed by atoms with Gasteiger partial charge in [-0.1, -0.05) is 13.0 Å². The zero-order chi connectivity index (χ0) is 18.1. The maximum absolute atomic E-state index is 12.6. The molecule has 0 bridgehead atoms. The summed E-state index contributed by atoms with van der Waals surface area (Å²) in [5.41, 5.74) is 1.28. The first-order valence-electron chi connectivity index (χ1n) is 8.27. The first-order valence-corrected chi connectivity index (χ1v) is 9.09. The van der Waals surface area contributed by atoms with Crippen LogP contribution in [0.2, 0.25) is 0 Å². The van der Waals surface area contributed by atoms with E-state index in [0.717, 1.165) is 22.2 Å². The minimum Gasteiger partial charge on any atom is -0.324 e. The van der Waals surface area contributed by atoms with Crippen molar-refractivity contribution in [1.29, 1.82) is 0 Å². The Morgan fingerprint density at radius 2 is 2.08 bits per heavy atom. The maximum atomic E-state index is 12.6. The van der Waals surface area contributed by atoms with Crippen molar-refractivity contribution in [3.05, 3.63) is 64.2 Å². The number of aryl methyl sites for hydroxylation is 1. The average molecular weight is 364 g/mol. The Labute approximate surface area is 153 Å². The highest BCUT2D eigenvalue weighted by molar-refractivity contribution is 7.18. The highest BCUT2D eigenvalue weighted by Crippen LogP contribution is 2.22. The van der Waals surface area contributed by atoms with Crippen molar-refractivity contribution >= 4 is 44.1 Å². The fourth-order valence-corrected chi connectivity index (χ4v) is 3.78. The smallest absolute Gasteiger partial charge is 0.262 e. The largest absolute Gasteiger partial charge is 0.324 e. The summed E-state index contributed by atoms with van der Waals surface area (Å²) in [5.74, 6) is -0.282. The zero-order valence-corrected chi connectivity index (χ0v) is 14.9. The molecule has 0 saturated heterocycles. The van der Waals surface area contributed by atoms with Gasteiger partial charge in [0.15, 0.2) is 0 Å². The van der Waals surface area contributed by atoms with Crippen LogP contribution in [0, 0.1) is 0 Å². The second-order valence-corrected chi connectivity index (χ2v) is 7.00. The number of aromatic nitrogens is 3. The molecule has 3 aromatic heterocycles. The minimum absolute atomic E-state index is 0.0876. The lowest BCUT2D eigenvalue weighted by atomic mass is 10.2. The highest BCUT2D eigenvalue weighted by atomic mass is 32.1. The van der Waals surface area contributed by atoms with Crippen LogP contribution >= 0.6 is 11.3 Å². The van der Waals surface area contributed by atoms with E-state index in [9.17, 15) is 9.59 Å². The number of hydrogen-bond donors (Lipinski definition) is 1. The van der Waals surface area contributed by atoms with Crippen molar-refractivity contribution in [1.82, 2.24) is 14.5 Å². The van der Waals surface area contributed by atoms with Crippen molar-refractivity contribution in [3.8, 4) is 0 Å². The van der Waals surface area contributed by atoms with Gasteiger partial charge in [-0.05, 0) is 36.8 Å². The number of hydrogen-bond acceptors (Lipinski definition) is 5. The Kier molecular flexibility index (Phi) is 4.22. The molecule has 1 amide bonds. The Balaban J connectivity index is 1.61. The molecule has 1 N–H and O–H groups in total. The summed E-state index contributed by atoms with van der Waals surface area (Å²) < 4.78 is 1.34. The number of carbonyl (C=O) groups excluding carboxylic acids is 1. The second kappa shape index (κ2) is 6.68. The van der Waals surface area contributed by atoms with Crippen LogP contribution in [0.5, 0.6) is 0 Å². The summed E-state index contributed by atoms with van der Waals surface area (Å²) in [7, 11) is 0. The Bertz CT molecular complexity index is 1170. The summed E-state index contributed by atoms with van der Waals surface area (Å²) in [6, 6.07) is 11.1. The van der Waals surface area contributed by atoms with Crippen molar-refractivity contribution in [2.75, 3.05) is 5.32 Å². The number of carbonyl (C=O) groups is 1. The van der Waals surface area contributed by atoms with E-state index >= 15 is 0 Å². The van der Waals surface area contributed by atoms with Crippen LogP contribution in [0.15, 0.2) is 53.7 Å². The van der Waals surface area contributed by atoms with E-state index in [-0.39, 0.29) is 18.0 Å². The van der Waals surface area contributed by atoms with Gasteiger partial charge < -0.3 is 5.32 Å². The SMILES string of the molecule is CCc1cc2c(=O)n(CC(=O)Nc3cccc4ncccc34)cnc2s1. The molecule has 0 saturated carbocycles. The molecule has 7 heteroatoms. The lowest BCUT2D eigenvalue weighted by molar-refractivity contribution is -0.116. The zero-order valence-electron chi connectivity index (χ0n) is 14.1. The summed E-state index contributed by atoms with van der Waals surface area (Å²) >= 11 is 1.51. The van der Waals surface area contributed by atoms with Gasteiger partial charge in [-0.25, -0.2) is 4.98 Å². The molecule has 6 nitrogen and oxygen atoms in total. The molecule has 130 valence electrons. The number of pyridine rings is 1. The van der Waals surface area contributed by atoms with Gasteiger partial charge in [0.05, 0.1) is 22.9 Å². The molecule has 0 radical (unpaired) electrons. The number of amides is 1. The van der Waals surface area contributed by atoms with Crippen LogP contribution in [-0.4, -0.2) is 20.4 Å². The average Bonchev–Trinajstić information content (AvgIpc) is 3.09.